The molecule has 0 spiro atoms. The first kappa shape index (κ1) is 13.8. The van der Waals surface area contributed by atoms with E-state index in [1.54, 1.807) is 0 Å². The van der Waals surface area contributed by atoms with Crippen molar-refractivity contribution in [3.05, 3.63) is 36.0 Å². The molecule has 1 aliphatic rings. The van der Waals surface area contributed by atoms with E-state index in [0.717, 1.165) is 35.9 Å². The first-order valence-electron chi connectivity index (χ1n) is 7.22. The quantitative estimate of drug-likeness (QED) is 0.857. The summed E-state index contributed by atoms with van der Waals surface area (Å²) >= 11 is 0. The van der Waals surface area contributed by atoms with E-state index >= 15 is 0 Å². The lowest BCUT2D eigenvalue weighted by atomic mass is 10.2. The number of fused-ring (bicyclic) bond motifs is 1. The number of hydrogen-bond acceptors (Lipinski definition) is 2. The van der Waals surface area contributed by atoms with E-state index in [1.807, 2.05) is 30.5 Å². The van der Waals surface area contributed by atoms with Crippen LogP contribution in [-0.4, -0.2) is 24.5 Å². The van der Waals surface area contributed by atoms with E-state index in [2.05, 4.69) is 28.7 Å². The van der Waals surface area contributed by atoms with Crippen molar-refractivity contribution in [1.82, 2.24) is 4.98 Å². The van der Waals surface area contributed by atoms with E-state index in [1.165, 1.54) is 6.42 Å². The first-order valence-corrected chi connectivity index (χ1v) is 7.22. The number of H-pyrrole nitrogens is 1. The number of rotatable bonds is 2. The molecular formula is C18H17NO2. The number of benzene rings is 1. The van der Waals surface area contributed by atoms with Crippen LogP contribution < -0.4 is 0 Å². The molecule has 1 unspecified atom stereocenters. The second kappa shape index (κ2) is 6.99. The van der Waals surface area contributed by atoms with Gasteiger partial charge in [-0.15, -0.1) is 0 Å². The Kier molecular flexibility index (Phi) is 4.59. The van der Waals surface area contributed by atoms with Gasteiger partial charge in [-0.3, -0.25) is 0 Å². The SMILES string of the molecule is C(C#Cc1c[nH]c2ccccc12)#CCOC1CCCCO1. The topological polar surface area (TPSA) is 34.2 Å². The molecule has 1 atom stereocenters. The minimum Gasteiger partial charge on any atom is -0.360 e. The molecule has 0 bridgehead atoms. The summed E-state index contributed by atoms with van der Waals surface area (Å²) in [6.45, 7) is 1.16. The maximum Gasteiger partial charge on any atom is 0.158 e. The zero-order chi connectivity index (χ0) is 14.3. The van der Waals surface area contributed by atoms with Crippen LogP contribution in [0.15, 0.2) is 30.5 Å². The van der Waals surface area contributed by atoms with E-state index < -0.39 is 0 Å². The van der Waals surface area contributed by atoms with Crippen molar-refractivity contribution >= 4 is 10.9 Å². The molecule has 0 radical (unpaired) electrons. The van der Waals surface area contributed by atoms with Crippen LogP contribution in [0.1, 0.15) is 24.8 Å². The maximum absolute atomic E-state index is 5.52. The molecule has 0 amide bonds. The van der Waals surface area contributed by atoms with Gasteiger partial charge in [0, 0.05) is 23.7 Å². The summed E-state index contributed by atoms with van der Waals surface area (Å²) in [6, 6.07) is 8.09. The van der Waals surface area contributed by atoms with Crippen molar-refractivity contribution in [2.75, 3.05) is 13.2 Å². The summed E-state index contributed by atoms with van der Waals surface area (Å²) in [4.78, 5) is 3.19. The zero-order valence-corrected chi connectivity index (χ0v) is 11.8. The molecule has 1 aliphatic heterocycles. The van der Waals surface area contributed by atoms with Crippen LogP contribution in [0.3, 0.4) is 0 Å². The third-order valence-corrected chi connectivity index (χ3v) is 3.42. The fourth-order valence-electron chi connectivity index (χ4n) is 2.33. The van der Waals surface area contributed by atoms with Gasteiger partial charge in [0.2, 0.25) is 0 Å². The maximum atomic E-state index is 5.52. The predicted octanol–water partition coefficient (Wildman–Crippen LogP) is 3.07. The summed E-state index contributed by atoms with van der Waals surface area (Å²) in [5.74, 6) is 11.7. The van der Waals surface area contributed by atoms with Crippen molar-refractivity contribution in [2.45, 2.75) is 25.6 Å². The van der Waals surface area contributed by atoms with Gasteiger partial charge in [-0.05, 0) is 37.2 Å². The predicted molar refractivity (Wildman–Crippen MR) is 82.5 cm³/mol. The Balaban J connectivity index is 1.55. The number of aromatic amines is 1. The Morgan fingerprint density at radius 2 is 2.19 bits per heavy atom. The highest BCUT2D eigenvalue weighted by molar-refractivity contribution is 5.86. The molecule has 21 heavy (non-hydrogen) atoms. The summed E-state index contributed by atoms with van der Waals surface area (Å²) < 4.78 is 11.0. The van der Waals surface area contributed by atoms with Crippen molar-refractivity contribution in [3.63, 3.8) is 0 Å². The fraction of sp³-hybridized carbons (Fsp3) is 0.333. The highest BCUT2D eigenvalue weighted by Crippen LogP contribution is 2.16. The van der Waals surface area contributed by atoms with Gasteiger partial charge in [0.1, 0.15) is 6.61 Å². The molecule has 2 heterocycles. The van der Waals surface area contributed by atoms with E-state index in [4.69, 9.17) is 9.47 Å². The van der Waals surface area contributed by atoms with Crippen LogP contribution >= 0.6 is 0 Å². The average molecular weight is 279 g/mol. The summed E-state index contributed by atoms with van der Waals surface area (Å²) in [7, 11) is 0. The minimum atomic E-state index is -0.0883. The van der Waals surface area contributed by atoms with E-state index in [9.17, 15) is 0 Å². The second-order valence-corrected chi connectivity index (χ2v) is 4.91. The second-order valence-electron chi connectivity index (χ2n) is 4.91. The lowest BCUT2D eigenvalue weighted by molar-refractivity contribution is -0.154. The number of aromatic nitrogens is 1. The van der Waals surface area contributed by atoms with Gasteiger partial charge < -0.3 is 14.5 Å². The van der Waals surface area contributed by atoms with Gasteiger partial charge in [-0.1, -0.05) is 30.0 Å². The van der Waals surface area contributed by atoms with Crippen molar-refractivity contribution < 1.29 is 9.47 Å². The molecule has 1 aromatic carbocycles. The molecule has 0 aliphatic carbocycles. The highest BCUT2D eigenvalue weighted by atomic mass is 16.7. The Bertz CT molecular complexity index is 718. The molecule has 106 valence electrons. The Morgan fingerprint density at radius 1 is 1.24 bits per heavy atom. The van der Waals surface area contributed by atoms with Crippen LogP contribution in [0.4, 0.5) is 0 Å². The molecule has 1 saturated heterocycles. The molecule has 2 aromatic rings. The lowest BCUT2D eigenvalue weighted by Crippen LogP contribution is -2.22. The highest BCUT2D eigenvalue weighted by Gasteiger charge is 2.12. The van der Waals surface area contributed by atoms with Crippen LogP contribution in [0, 0.1) is 23.7 Å². The molecule has 1 fully saturated rings. The summed E-state index contributed by atoms with van der Waals surface area (Å²) in [5, 5.41) is 1.12. The number of ether oxygens (including phenoxy) is 2. The van der Waals surface area contributed by atoms with Crippen molar-refractivity contribution in [3.8, 4) is 23.7 Å². The lowest BCUT2D eigenvalue weighted by Gasteiger charge is -2.21. The minimum absolute atomic E-state index is 0.0883. The van der Waals surface area contributed by atoms with Crippen LogP contribution in [-0.2, 0) is 9.47 Å². The first-order chi connectivity index (χ1) is 10.4. The van der Waals surface area contributed by atoms with Crippen molar-refractivity contribution in [2.24, 2.45) is 0 Å². The van der Waals surface area contributed by atoms with E-state index in [-0.39, 0.29) is 6.29 Å². The molecule has 1 N–H and O–H groups in total. The van der Waals surface area contributed by atoms with Gasteiger partial charge in [-0.25, -0.2) is 0 Å². The number of para-hydroxylation sites is 1. The Morgan fingerprint density at radius 3 is 3.10 bits per heavy atom. The molecule has 1 aromatic heterocycles. The van der Waals surface area contributed by atoms with Crippen LogP contribution in [0.5, 0.6) is 0 Å². The monoisotopic (exact) mass is 279 g/mol. The number of nitrogens with one attached hydrogen (secondary N) is 1. The third kappa shape index (κ3) is 3.67. The molecule has 3 heteroatoms. The molecule has 3 nitrogen and oxygen atoms in total. The summed E-state index contributed by atoms with van der Waals surface area (Å²) in [5.41, 5.74) is 2.06. The third-order valence-electron chi connectivity index (χ3n) is 3.42. The largest absolute Gasteiger partial charge is 0.360 e. The number of hydrogen-bond donors (Lipinski definition) is 1. The Hall–Kier alpha value is -2.20. The van der Waals surface area contributed by atoms with E-state index in [0.29, 0.717) is 6.61 Å². The van der Waals surface area contributed by atoms with Crippen molar-refractivity contribution in [1.29, 1.82) is 0 Å². The Labute approximate surface area is 124 Å². The van der Waals surface area contributed by atoms with Gasteiger partial charge >= 0.3 is 0 Å². The van der Waals surface area contributed by atoms with Crippen LogP contribution in [0.2, 0.25) is 0 Å². The standard InChI is InChI=1S/C18H17NO2/c1(6-12-20-18-11-5-7-13-21-18)2-8-15-14-19-17-10-4-3-9-16(15)17/h3-4,9-10,14,18-19H,5,7,11-13H2. The van der Waals surface area contributed by atoms with Crippen LogP contribution in [0.25, 0.3) is 10.9 Å². The van der Waals surface area contributed by atoms with Gasteiger partial charge in [0.05, 0.1) is 5.56 Å². The normalized spacial score (nSPS) is 17.6. The summed E-state index contributed by atoms with van der Waals surface area (Å²) in [6.07, 6.45) is 5.07. The van der Waals surface area contributed by atoms with Gasteiger partial charge in [0.15, 0.2) is 6.29 Å². The fourth-order valence-corrected chi connectivity index (χ4v) is 2.33. The zero-order valence-electron chi connectivity index (χ0n) is 11.8. The average Bonchev–Trinajstić information content (AvgIpc) is 2.95. The molecule has 0 saturated carbocycles. The molecular weight excluding hydrogens is 262 g/mol. The van der Waals surface area contributed by atoms with Gasteiger partial charge in [-0.2, -0.15) is 0 Å². The molecule has 3 rings (SSSR count). The smallest absolute Gasteiger partial charge is 0.158 e. The van der Waals surface area contributed by atoms with Gasteiger partial charge in [0.25, 0.3) is 0 Å².